The summed E-state index contributed by atoms with van der Waals surface area (Å²) in [7, 11) is 0. The van der Waals surface area contributed by atoms with Gasteiger partial charge in [0, 0.05) is 0 Å². The predicted octanol–water partition coefficient (Wildman–Crippen LogP) is 4.14. The van der Waals surface area contributed by atoms with Crippen LogP contribution >= 0.6 is 0 Å². The zero-order valence-electron chi connectivity index (χ0n) is 16.5. The minimum absolute atomic E-state index is 0.0503. The fraction of sp³-hybridized carbons (Fsp3) is 0.391. The Morgan fingerprint density at radius 1 is 1.18 bits per heavy atom. The second-order valence-corrected chi connectivity index (χ2v) is 7.38. The number of carboxylic acid groups (broad SMARTS) is 1. The zero-order chi connectivity index (χ0) is 20.1. The molecule has 0 spiro atoms. The maximum Gasteiger partial charge on any atom is 0.337 e. The molecule has 3 rings (SSSR count). The molecular formula is C23H28N2O3. The van der Waals surface area contributed by atoms with Gasteiger partial charge in [0.1, 0.15) is 0 Å². The number of hydrogen-bond donors (Lipinski definition) is 2. The summed E-state index contributed by atoms with van der Waals surface area (Å²) in [6.45, 7) is 5.66. The highest BCUT2D eigenvalue weighted by Gasteiger charge is 2.28. The number of pyridine rings is 1. The molecule has 0 bridgehead atoms. The lowest BCUT2D eigenvalue weighted by molar-refractivity contribution is -0.130. The van der Waals surface area contributed by atoms with E-state index >= 15 is 0 Å². The summed E-state index contributed by atoms with van der Waals surface area (Å²) in [6, 6.07) is 13.4. The molecule has 148 valence electrons. The number of rotatable bonds is 7. The molecule has 2 unspecified atom stereocenters. The molecule has 2 N–H and O–H groups in total. The Morgan fingerprint density at radius 3 is 2.46 bits per heavy atom. The van der Waals surface area contributed by atoms with E-state index in [0.717, 1.165) is 42.8 Å². The van der Waals surface area contributed by atoms with Gasteiger partial charge in [-0.15, -0.1) is 0 Å². The normalized spacial score (nSPS) is 17.5. The lowest BCUT2D eigenvalue weighted by Crippen LogP contribution is -2.28. The Labute approximate surface area is 166 Å². The third-order valence-corrected chi connectivity index (χ3v) is 5.40. The number of aryl methyl sites for hydroxylation is 1. The first kappa shape index (κ1) is 20.2. The molecule has 1 aromatic carbocycles. The quantitative estimate of drug-likeness (QED) is 0.706. The third-order valence-electron chi connectivity index (χ3n) is 5.40. The molecule has 1 fully saturated rings. The largest absolute Gasteiger partial charge is 0.478 e. The lowest BCUT2D eigenvalue weighted by Gasteiger charge is -2.29. The summed E-state index contributed by atoms with van der Waals surface area (Å²) in [4.78, 5) is 18.5. The molecule has 1 aromatic heterocycles. The fourth-order valence-electron chi connectivity index (χ4n) is 3.81. The summed E-state index contributed by atoms with van der Waals surface area (Å²) in [5, 5.41) is 20.3. The first-order valence-electron chi connectivity index (χ1n) is 9.85. The van der Waals surface area contributed by atoms with Gasteiger partial charge >= 0.3 is 5.97 Å². The van der Waals surface area contributed by atoms with Gasteiger partial charge in [-0.25, -0.2) is 4.79 Å². The number of hydrogen-bond acceptors (Lipinski definition) is 4. The van der Waals surface area contributed by atoms with Gasteiger partial charge in [0.25, 0.3) is 0 Å². The summed E-state index contributed by atoms with van der Waals surface area (Å²) in [5.41, 5.74) is 3.52. The molecule has 2 atom stereocenters. The van der Waals surface area contributed by atoms with Gasteiger partial charge in [0.2, 0.25) is 0 Å². The van der Waals surface area contributed by atoms with E-state index in [2.05, 4.69) is 9.88 Å². The maximum absolute atomic E-state index is 11.5. The first-order valence-corrected chi connectivity index (χ1v) is 9.85. The zero-order valence-corrected chi connectivity index (χ0v) is 16.5. The van der Waals surface area contributed by atoms with Crippen molar-refractivity contribution < 1.29 is 15.0 Å². The van der Waals surface area contributed by atoms with Crippen LogP contribution in [0.4, 0.5) is 0 Å². The summed E-state index contributed by atoms with van der Waals surface area (Å²) in [5.74, 6) is -0.982. The SMILES string of the molecule is C/C=C(/C(=O)O)c1cccc(C(CC(O)c2ccc(C)cc2)N2CCCC2)n1. The number of allylic oxidation sites excluding steroid dienone is 1. The standard InChI is InChI=1S/C23H28N2O3/c1-3-18(23(27)28)19-7-6-8-20(24-19)21(25-13-4-5-14-25)15-22(26)17-11-9-16(2)10-12-17/h3,6-12,21-22,26H,4-5,13-15H2,1-2H3,(H,27,28)/b18-3+. The van der Waals surface area contributed by atoms with Crippen LogP contribution in [0.25, 0.3) is 5.57 Å². The summed E-state index contributed by atoms with van der Waals surface area (Å²) < 4.78 is 0. The van der Waals surface area contributed by atoms with Crippen molar-refractivity contribution in [3.63, 3.8) is 0 Å². The molecule has 0 saturated carbocycles. The van der Waals surface area contributed by atoms with Crippen LogP contribution in [0.3, 0.4) is 0 Å². The number of nitrogens with zero attached hydrogens (tertiary/aromatic N) is 2. The number of aliphatic carboxylic acids is 1. The Kier molecular flexibility index (Phi) is 6.60. The van der Waals surface area contributed by atoms with Crippen molar-refractivity contribution in [3.8, 4) is 0 Å². The molecule has 0 amide bonds. The molecule has 0 radical (unpaired) electrons. The molecule has 1 saturated heterocycles. The molecule has 2 aromatic rings. The molecule has 5 nitrogen and oxygen atoms in total. The molecule has 2 heterocycles. The molecule has 28 heavy (non-hydrogen) atoms. The number of aromatic nitrogens is 1. The van der Waals surface area contributed by atoms with E-state index in [1.165, 1.54) is 0 Å². The Balaban J connectivity index is 1.90. The van der Waals surface area contributed by atoms with Gasteiger partial charge in [-0.2, -0.15) is 0 Å². The highest BCUT2D eigenvalue weighted by Crippen LogP contribution is 2.33. The van der Waals surface area contributed by atoms with Crippen molar-refractivity contribution in [3.05, 3.63) is 71.1 Å². The highest BCUT2D eigenvalue weighted by atomic mass is 16.4. The van der Waals surface area contributed by atoms with Crippen molar-refractivity contribution in [2.24, 2.45) is 0 Å². The van der Waals surface area contributed by atoms with Gasteiger partial charge in [-0.3, -0.25) is 9.88 Å². The van der Waals surface area contributed by atoms with E-state index < -0.39 is 12.1 Å². The molecule has 0 aliphatic carbocycles. The summed E-state index contributed by atoms with van der Waals surface area (Å²) >= 11 is 0. The van der Waals surface area contributed by atoms with Gasteiger partial charge in [0.15, 0.2) is 0 Å². The van der Waals surface area contributed by atoms with E-state index in [1.54, 1.807) is 19.1 Å². The van der Waals surface area contributed by atoms with E-state index in [9.17, 15) is 15.0 Å². The minimum atomic E-state index is -0.982. The fourth-order valence-corrected chi connectivity index (χ4v) is 3.81. The number of aliphatic hydroxyl groups is 1. The maximum atomic E-state index is 11.5. The van der Waals surface area contributed by atoms with E-state index in [1.807, 2.05) is 43.3 Å². The minimum Gasteiger partial charge on any atom is -0.478 e. The number of carbonyl (C=O) groups is 1. The van der Waals surface area contributed by atoms with Crippen LogP contribution in [0.15, 0.2) is 48.5 Å². The van der Waals surface area contributed by atoms with Crippen molar-refractivity contribution >= 4 is 11.5 Å². The van der Waals surface area contributed by atoms with Crippen molar-refractivity contribution in [2.45, 2.75) is 45.3 Å². The second kappa shape index (κ2) is 9.13. The van der Waals surface area contributed by atoms with Crippen LogP contribution in [0, 0.1) is 6.92 Å². The number of aliphatic hydroxyl groups excluding tert-OH is 1. The lowest BCUT2D eigenvalue weighted by atomic mass is 9.97. The van der Waals surface area contributed by atoms with Crippen molar-refractivity contribution in [1.29, 1.82) is 0 Å². The van der Waals surface area contributed by atoms with Gasteiger partial charge in [-0.1, -0.05) is 42.0 Å². The van der Waals surface area contributed by atoms with Crippen LogP contribution < -0.4 is 0 Å². The summed E-state index contributed by atoms with van der Waals surface area (Å²) in [6.07, 6.45) is 3.76. The Morgan fingerprint density at radius 2 is 1.86 bits per heavy atom. The van der Waals surface area contributed by atoms with Gasteiger partial charge in [0.05, 0.1) is 29.1 Å². The smallest absolute Gasteiger partial charge is 0.337 e. The third kappa shape index (κ3) is 4.66. The first-order chi connectivity index (χ1) is 13.5. The Hall–Kier alpha value is -2.50. The molecular weight excluding hydrogens is 352 g/mol. The van der Waals surface area contributed by atoms with Crippen LogP contribution in [0.2, 0.25) is 0 Å². The molecule has 1 aliphatic rings. The second-order valence-electron chi connectivity index (χ2n) is 7.38. The average Bonchev–Trinajstić information content (AvgIpc) is 3.21. The Bertz CT molecular complexity index is 839. The van der Waals surface area contributed by atoms with Gasteiger partial charge in [-0.05, 0) is 63.9 Å². The number of likely N-dealkylation sites (tertiary alicyclic amines) is 1. The molecule has 1 aliphatic heterocycles. The monoisotopic (exact) mass is 380 g/mol. The van der Waals surface area contributed by atoms with Crippen LogP contribution in [-0.2, 0) is 4.79 Å². The number of benzene rings is 1. The van der Waals surface area contributed by atoms with Crippen LogP contribution in [0.1, 0.15) is 60.8 Å². The average molecular weight is 380 g/mol. The topological polar surface area (TPSA) is 73.7 Å². The van der Waals surface area contributed by atoms with Gasteiger partial charge < -0.3 is 10.2 Å². The van der Waals surface area contributed by atoms with Crippen molar-refractivity contribution in [2.75, 3.05) is 13.1 Å². The molecule has 5 heteroatoms. The van der Waals surface area contributed by atoms with Crippen LogP contribution in [0.5, 0.6) is 0 Å². The van der Waals surface area contributed by atoms with E-state index in [-0.39, 0.29) is 11.6 Å². The van der Waals surface area contributed by atoms with E-state index in [4.69, 9.17) is 0 Å². The van der Waals surface area contributed by atoms with Crippen molar-refractivity contribution in [1.82, 2.24) is 9.88 Å². The van der Waals surface area contributed by atoms with Crippen LogP contribution in [-0.4, -0.2) is 39.2 Å². The number of carboxylic acids is 1. The van der Waals surface area contributed by atoms with E-state index in [0.29, 0.717) is 12.1 Å². The highest BCUT2D eigenvalue weighted by molar-refractivity contribution is 6.14. The predicted molar refractivity (Wildman–Crippen MR) is 110 cm³/mol.